The van der Waals surface area contributed by atoms with Crippen LogP contribution in [0.2, 0.25) is 0 Å². The third kappa shape index (κ3) is 12.1. The fourth-order valence-electron chi connectivity index (χ4n) is 1.52. The third-order valence-corrected chi connectivity index (χ3v) is 3.71. The van der Waals surface area contributed by atoms with Gasteiger partial charge in [0.05, 0.1) is 0 Å². The predicted molar refractivity (Wildman–Crippen MR) is 88.9 cm³/mol. The number of thioether (sulfide) groups is 1. The summed E-state index contributed by atoms with van der Waals surface area (Å²) in [6.07, 6.45) is 17.5. The Labute approximate surface area is 127 Å². The van der Waals surface area contributed by atoms with E-state index in [2.05, 4.69) is 36.5 Å². The SMILES string of the molecule is CCCCC/C=C\C/C=C\C/C=C\SC(NC)C(=O)O. The molecule has 0 aromatic carbocycles. The van der Waals surface area contributed by atoms with Gasteiger partial charge in [-0.3, -0.25) is 5.32 Å². The molecule has 0 aliphatic heterocycles. The molecule has 0 saturated heterocycles. The standard InChI is InChI=1S/C16H27NO2S/c1-3-4-5-6-7-8-9-10-11-12-13-14-20-15(17-2)16(18)19/h7-8,10-11,13-15,17H,3-6,9,12H2,1-2H3,(H,18,19)/b8-7-,11-10-,14-13-. The molecule has 2 N–H and O–H groups in total. The molecule has 0 aliphatic carbocycles. The zero-order chi connectivity index (χ0) is 15.1. The molecular weight excluding hydrogens is 270 g/mol. The molecule has 0 rings (SSSR count). The molecule has 20 heavy (non-hydrogen) atoms. The van der Waals surface area contributed by atoms with Crippen LogP contribution in [-0.4, -0.2) is 23.5 Å². The minimum Gasteiger partial charge on any atom is -0.479 e. The summed E-state index contributed by atoms with van der Waals surface area (Å²) in [6.45, 7) is 2.22. The first-order valence-corrected chi connectivity index (χ1v) is 8.17. The van der Waals surface area contributed by atoms with Crippen molar-refractivity contribution in [2.24, 2.45) is 0 Å². The molecule has 0 radical (unpaired) electrons. The van der Waals surface area contributed by atoms with Crippen molar-refractivity contribution in [1.29, 1.82) is 0 Å². The largest absolute Gasteiger partial charge is 0.479 e. The first-order chi connectivity index (χ1) is 9.72. The maximum absolute atomic E-state index is 10.7. The molecule has 0 heterocycles. The molecule has 0 amide bonds. The molecule has 114 valence electrons. The predicted octanol–water partition coefficient (Wildman–Crippen LogP) is 4.34. The average Bonchev–Trinajstić information content (AvgIpc) is 2.43. The van der Waals surface area contributed by atoms with Crippen LogP contribution in [0.25, 0.3) is 0 Å². The summed E-state index contributed by atoms with van der Waals surface area (Å²) in [6, 6.07) is 0. The van der Waals surface area contributed by atoms with E-state index in [0.29, 0.717) is 0 Å². The van der Waals surface area contributed by atoms with Crippen LogP contribution in [0.1, 0.15) is 45.4 Å². The number of unbranched alkanes of at least 4 members (excludes halogenated alkanes) is 3. The fraction of sp³-hybridized carbons (Fsp3) is 0.562. The second-order valence-corrected chi connectivity index (χ2v) is 5.44. The number of aliphatic carboxylic acids is 1. The van der Waals surface area contributed by atoms with Crippen LogP contribution >= 0.6 is 11.8 Å². The van der Waals surface area contributed by atoms with Crippen molar-refractivity contribution in [3.63, 3.8) is 0 Å². The van der Waals surface area contributed by atoms with E-state index >= 15 is 0 Å². The van der Waals surface area contributed by atoms with Gasteiger partial charge in [0.25, 0.3) is 0 Å². The van der Waals surface area contributed by atoms with E-state index in [-0.39, 0.29) is 0 Å². The second-order valence-electron chi connectivity index (χ2n) is 4.42. The number of hydrogen-bond acceptors (Lipinski definition) is 3. The van der Waals surface area contributed by atoms with E-state index < -0.39 is 11.3 Å². The van der Waals surface area contributed by atoms with Crippen LogP contribution < -0.4 is 5.32 Å². The van der Waals surface area contributed by atoms with Crippen LogP contribution in [-0.2, 0) is 4.79 Å². The lowest BCUT2D eigenvalue weighted by molar-refractivity contribution is -0.136. The highest BCUT2D eigenvalue weighted by molar-refractivity contribution is 8.03. The summed E-state index contributed by atoms with van der Waals surface area (Å²) in [5, 5.41) is 12.8. The summed E-state index contributed by atoms with van der Waals surface area (Å²) in [4.78, 5) is 10.7. The van der Waals surface area contributed by atoms with Gasteiger partial charge in [0, 0.05) is 0 Å². The third-order valence-electron chi connectivity index (χ3n) is 2.65. The van der Waals surface area contributed by atoms with Gasteiger partial charge < -0.3 is 5.11 Å². The number of nitrogens with one attached hydrogen (secondary N) is 1. The number of carboxylic acid groups (broad SMARTS) is 1. The fourth-order valence-corrected chi connectivity index (χ4v) is 2.15. The number of allylic oxidation sites excluding steroid dienone is 5. The Kier molecular flexibility index (Phi) is 13.7. The maximum Gasteiger partial charge on any atom is 0.331 e. The first kappa shape index (κ1) is 19.0. The highest BCUT2D eigenvalue weighted by Crippen LogP contribution is 2.10. The van der Waals surface area contributed by atoms with Crippen molar-refractivity contribution < 1.29 is 9.90 Å². The molecule has 0 bridgehead atoms. The summed E-state index contributed by atoms with van der Waals surface area (Å²) in [7, 11) is 1.65. The van der Waals surface area contributed by atoms with Crippen LogP contribution in [0.4, 0.5) is 0 Å². The Hall–Kier alpha value is -1.00. The van der Waals surface area contributed by atoms with Crippen molar-refractivity contribution in [3.8, 4) is 0 Å². The zero-order valence-electron chi connectivity index (χ0n) is 12.5. The highest BCUT2D eigenvalue weighted by atomic mass is 32.2. The first-order valence-electron chi connectivity index (χ1n) is 7.22. The van der Waals surface area contributed by atoms with Crippen molar-refractivity contribution in [3.05, 3.63) is 35.8 Å². The number of hydrogen-bond donors (Lipinski definition) is 2. The number of rotatable bonds is 12. The number of carbonyl (C=O) groups is 1. The smallest absolute Gasteiger partial charge is 0.331 e. The second kappa shape index (κ2) is 14.4. The molecule has 0 aromatic heterocycles. The summed E-state index contributed by atoms with van der Waals surface area (Å²) < 4.78 is 0. The minimum absolute atomic E-state index is 0.568. The topological polar surface area (TPSA) is 49.3 Å². The Morgan fingerprint density at radius 2 is 1.80 bits per heavy atom. The number of carboxylic acids is 1. The highest BCUT2D eigenvalue weighted by Gasteiger charge is 2.12. The maximum atomic E-state index is 10.7. The van der Waals surface area contributed by atoms with Crippen LogP contribution in [0, 0.1) is 0 Å². The molecule has 0 saturated carbocycles. The van der Waals surface area contributed by atoms with Gasteiger partial charge in [-0.15, -0.1) is 11.8 Å². The average molecular weight is 297 g/mol. The van der Waals surface area contributed by atoms with E-state index in [4.69, 9.17) is 5.11 Å². The molecule has 0 fully saturated rings. The minimum atomic E-state index is -0.842. The van der Waals surface area contributed by atoms with Crippen LogP contribution in [0.15, 0.2) is 35.8 Å². The van der Waals surface area contributed by atoms with Gasteiger partial charge in [0.2, 0.25) is 0 Å². The Bertz CT molecular complexity index is 324. The van der Waals surface area contributed by atoms with Gasteiger partial charge in [0.15, 0.2) is 5.37 Å². The normalized spacial score (nSPS) is 13.7. The summed E-state index contributed by atoms with van der Waals surface area (Å²) >= 11 is 1.27. The van der Waals surface area contributed by atoms with E-state index in [9.17, 15) is 4.79 Å². The van der Waals surface area contributed by atoms with Gasteiger partial charge >= 0.3 is 5.97 Å². The summed E-state index contributed by atoms with van der Waals surface area (Å²) in [5.74, 6) is -0.842. The molecular formula is C16H27NO2S. The van der Waals surface area contributed by atoms with Crippen LogP contribution in [0.5, 0.6) is 0 Å². The monoisotopic (exact) mass is 297 g/mol. The van der Waals surface area contributed by atoms with Crippen molar-refractivity contribution in [1.82, 2.24) is 5.32 Å². The molecule has 4 heteroatoms. The lowest BCUT2D eigenvalue weighted by atomic mass is 10.2. The van der Waals surface area contributed by atoms with E-state index in [1.807, 2.05) is 11.5 Å². The number of likely N-dealkylation sites (N-methyl/N-ethyl adjacent to an activating group) is 1. The van der Waals surface area contributed by atoms with Gasteiger partial charge in [-0.2, -0.15) is 0 Å². The molecule has 0 aromatic rings. The van der Waals surface area contributed by atoms with E-state index in [0.717, 1.165) is 12.8 Å². The summed E-state index contributed by atoms with van der Waals surface area (Å²) in [5.41, 5.74) is 0. The van der Waals surface area contributed by atoms with Crippen molar-refractivity contribution in [2.75, 3.05) is 7.05 Å². The molecule has 3 nitrogen and oxygen atoms in total. The van der Waals surface area contributed by atoms with Gasteiger partial charge in [-0.1, -0.05) is 50.1 Å². The van der Waals surface area contributed by atoms with Gasteiger partial charge in [0.1, 0.15) is 0 Å². The lowest BCUT2D eigenvalue weighted by Gasteiger charge is -2.06. The van der Waals surface area contributed by atoms with Crippen molar-refractivity contribution in [2.45, 2.75) is 50.8 Å². The Balaban J connectivity index is 3.58. The molecule has 0 spiro atoms. The van der Waals surface area contributed by atoms with Crippen molar-refractivity contribution >= 4 is 17.7 Å². The Morgan fingerprint density at radius 3 is 2.40 bits per heavy atom. The van der Waals surface area contributed by atoms with Gasteiger partial charge in [-0.25, -0.2) is 4.79 Å². The van der Waals surface area contributed by atoms with Gasteiger partial charge in [-0.05, 0) is 38.1 Å². The molecule has 1 atom stereocenters. The van der Waals surface area contributed by atoms with E-state index in [1.54, 1.807) is 7.05 Å². The van der Waals surface area contributed by atoms with E-state index in [1.165, 1.54) is 37.4 Å². The van der Waals surface area contributed by atoms with Crippen LogP contribution in [0.3, 0.4) is 0 Å². The quantitative estimate of drug-likeness (QED) is 0.320. The molecule has 0 aliphatic rings. The lowest BCUT2D eigenvalue weighted by Crippen LogP contribution is -2.29. The molecule has 1 unspecified atom stereocenters. The zero-order valence-corrected chi connectivity index (χ0v) is 13.4. The Morgan fingerprint density at radius 1 is 1.15 bits per heavy atom.